The van der Waals surface area contributed by atoms with E-state index in [1.165, 1.54) is 18.4 Å². The molecular weight excluding hydrogens is 212 g/mol. The van der Waals surface area contributed by atoms with Crippen molar-refractivity contribution in [2.24, 2.45) is 0 Å². The van der Waals surface area contributed by atoms with Crippen LogP contribution in [0.15, 0.2) is 24.3 Å². The molecule has 0 saturated carbocycles. The third-order valence-corrected chi connectivity index (χ3v) is 3.76. The second-order valence-electron chi connectivity index (χ2n) is 4.93. The number of carbonyl (C=O) groups is 1. The number of hydrogen-bond acceptors (Lipinski definition) is 2. The molecule has 17 heavy (non-hydrogen) atoms. The van der Waals surface area contributed by atoms with Gasteiger partial charge in [0.25, 0.3) is 0 Å². The molecule has 1 aromatic rings. The lowest BCUT2D eigenvalue weighted by atomic mass is 10.0. The number of fused-ring (bicyclic) bond motifs is 1. The van der Waals surface area contributed by atoms with Gasteiger partial charge >= 0.3 is 0 Å². The normalized spacial score (nSPS) is 23.9. The van der Waals surface area contributed by atoms with Crippen LogP contribution in [0.25, 0.3) is 0 Å². The maximum Gasteiger partial charge on any atom is 0.227 e. The van der Waals surface area contributed by atoms with Crippen molar-refractivity contribution in [1.29, 1.82) is 0 Å². The summed E-state index contributed by atoms with van der Waals surface area (Å²) < 4.78 is 0. The summed E-state index contributed by atoms with van der Waals surface area (Å²) in [5.41, 5.74) is 2.43. The molecule has 1 amide bonds. The van der Waals surface area contributed by atoms with Gasteiger partial charge in [0.2, 0.25) is 5.91 Å². The van der Waals surface area contributed by atoms with Gasteiger partial charge < -0.3 is 10.2 Å². The average molecular weight is 230 g/mol. The smallest absolute Gasteiger partial charge is 0.227 e. The highest BCUT2D eigenvalue weighted by Gasteiger charge is 2.27. The fourth-order valence-corrected chi connectivity index (χ4v) is 2.83. The molecule has 0 aromatic heterocycles. The summed E-state index contributed by atoms with van der Waals surface area (Å²) in [4.78, 5) is 14.0. The van der Waals surface area contributed by atoms with Gasteiger partial charge in [-0.1, -0.05) is 18.2 Å². The summed E-state index contributed by atoms with van der Waals surface area (Å²) >= 11 is 0. The third kappa shape index (κ3) is 2.07. The van der Waals surface area contributed by atoms with Crippen molar-refractivity contribution < 1.29 is 4.79 Å². The molecule has 3 rings (SSSR count). The number of hydrogen-bond donors (Lipinski definition) is 1. The zero-order chi connectivity index (χ0) is 11.7. The minimum absolute atomic E-state index is 0.275. The first-order valence-electron chi connectivity index (χ1n) is 6.46. The van der Waals surface area contributed by atoms with E-state index in [4.69, 9.17) is 0 Å². The van der Waals surface area contributed by atoms with E-state index in [1.807, 2.05) is 11.0 Å². The fourth-order valence-electron chi connectivity index (χ4n) is 2.83. The first-order chi connectivity index (χ1) is 8.34. The van der Waals surface area contributed by atoms with Gasteiger partial charge in [-0.05, 0) is 37.4 Å². The summed E-state index contributed by atoms with van der Waals surface area (Å²) in [5.74, 6) is 0.275. The summed E-state index contributed by atoms with van der Waals surface area (Å²) in [7, 11) is 0. The first-order valence-corrected chi connectivity index (χ1v) is 6.46. The van der Waals surface area contributed by atoms with E-state index in [0.717, 1.165) is 25.2 Å². The van der Waals surface area contributed by atoms with E-state index in [2.05, 4.69) is 23.5 Å². The van der Waals surface area contributed by atoms with E-state index in [1.54, 1.807) is 0 Å². The van der Waals surface area contributed by atoms with E-state index < -0.39 is 0 Å². The number of amides is 1. The Bertz CT molecular complexity index is 424. The quantitative estimate of drug-likeness (QED) is 0.839. The maximum absolute atomic E-state index is 12.0. The number of anilines is 1. The molecule has 3 heteroatoms. The summed E-state index contributed by atoms with van der Waals surface area (Å²) in [5, 5.41) is 3.46. The van der Waals surface area contributed by atoms with E-state index in [9.17, 15) is 4.79 Å². The Hall–Kier alpha value is -1.35. The van der Waals surface area contributed by atoms with Crippen LogP contribution in [0.3, 0.4) is 0 Å². The van der Waals surface area contributed by atoms with E-state index in [0.29, 0.717) is 12.5 Å². The van der Waals surface area contributed by atoms with Gasteiger partial charge in [-0.2, -0.15) is 0 Å². The molecule has 0 spiro atoms. The summed E-state index contributed by atoms with van der Waals surface area (Å²) in [6.45, 7) is 1.92. The van der Waals surface area contributed by atoms with Crippen LogP contribution >= 0.6 is 0 Å². The van der Waals surface area contributed by atoms with Crippen molar-refractivity contribution in [3.8, 4) is 0 Å². The Balaban J connectivity index is 1.84. The Morgan fingerprint density at radius 2 is 2.18 bits per heavy atom. The SMILES string of the molecule is O=C1CCc2ccccc2N1C[C@H]1CCCN1. The summed E-state index contributed by atoms with van der Waals surface area (Å²) in [6.07, 6.45) is 3.97. The lowest BCUT2D eigenvalue weighted by Crippen LogP contribution is -2.43. The van der Waals surface area contributed by atoms with Crippen LogP contribution in [0.4, 0.5) is 5.69 Å². The highest BCUT2D eigenvalue weighted by atomic mass is 16.2. The predicted octanol–water partition coefficient (Wildman–Crippen LogP) is 1.72. The van der Waals surface area contributed by atoms with Crippen LogP contribution in [0.1, 0.15) is 24.8 Å². The molecule has 1 aromatic carbocycles. The lowest BCUT2D eigenvalue weighted by molar-refractivity contribution is -0.119. The minimum atomic E-state index is 0.275. The molecule has 1 atom stereocenters. The molecular formula is C14H18N2O. The second-order valence-corrected chi connectivity index (χ2v) is 4.93. The molecule has 1 saturated heterocycles. The average Bonchev–Trinajstić information content (AvgIpc) is 2.86. The van der Waals surface area contributed by atoms with Crippen LogP contribution in [-0.4, -0.2) is 25.0 Å². The van der Waals surface area contributed by atoms with Crippen molar-refractivity contribution in [2.45, 2.75) is 31.7 Å². The monoisotopic (exact) mass is 230 g/mol. The minimum Gasteiger partial charge on any atom is -0.312 e. The van der Waals surface area contributed by atoms with Crippen LogP contribution < -0.4 is 10.2 Å². The maximum atomic E-state index is 12.0. The van der Waals surface area contributed by atoms with Gasteiger partial charge in [-0.15, -0.1) is 0 Å². The first kappa shape index (κ1) is 10.8. The topological polar surface area (TPSA) is 32.3 Å². The molecule has 0 unspecified atom stereocenters. The highest BCUT2D eigenvalue weighted by molar-refractivity contribution is 5.96. The molecule has 2 aliphatic heterocycles. The molecule has 2 aliphatic rings. The number of para-hydroxylation sites is 1. The number of rotatable bonds is 2. The number of aryl methyl sites for hydroxylation is 1. The van der Waals surface area contributed by atoms with Gasteiger partial charge in [-0.3, -0.25) is 4.79 Å². The van der Waals surface area contributed by atoms with Crippen molar-refractivity contribution in [3.63, 3.8) is 0 Å². The van der Waals surface area contributed by atoms with Crippen molar-refractivity contribution in [1.82, 2.24) is 5.32 Å². The number of benzene rings is 1. The largest absolute Gasteiger partial charge is 0.312 e. The highest BCUT2D eigenvalue weighted by Crippen LogP contribution is 2.28. The van der Waals surface area contributed by atoms with Gasteiger partial charge in [0.15, 0.2) is 0 Å². The standard InChI is InChI=1S/C14H18N2O/c17-14-8-7-11-4-1-2-6-13(11)16(14)10-12-5-3-9-15-12/h1-2,4,6,12,15H,3,5,7-10H2/t12-/m1/s1. The van der Waals surface area contributed by atoms with Crippen molar-refractivity contribution >= 4 is 11.6 Å². The van der Waals surface area contributed by atoms with Gasteiger partial charge in [-0.25, -0.2) is 0 Å². The Labute approximate surface area is 102 Å². The van der Waals surface area contributed by atoms with Gasteiger partial charge in [0.1, 0.15) is 0 Å². The second kappa shape index (κ2) is 4.49. The van der Waals surface area contributed by atoms with E-state index >= 15 is 0 Å². The Kier molecular flexibility index (Phi) is 2.85. The third-order valence-electron chi connectivity index (χ3n) is 3.76. The molecule has 0 aliphatic carbocycles. The molecule has 2 heterocycles. The van der Waals surface area contributed by atoms with Crippen LogP contribution in [0, 0.1) is 0 Å². The van der Waals surface area contributed by atoms with Crippen LogP contribution in [0.5, 0.6) is 0 Å². The predicted molar refractivity (Wildman–Crippen MR) is 68.1 cm³/mol. The zero-order valence-electron chi connectivity index (χ0n) is 9.98. The Morgan fingerprint density at radius 1 is 1.29 bits per heavy atom. The number of nitrogens with zero attached hydrogens (tertiary/aromatic N) is 1. The van der Waals surface area contributed by atoms with E-state index in [-0.39, 0.29) is 5.91 Å². The molecule has 0 radical (unpaired) electrons. The van der Waals surface area contributed by atoms with Crippen LogP contribution in [-0.2, 0) is 11.2 Å². The van der Waals surface area contributed by atoms with Crippen molar-refractivity contribution in [3.05, 3.63) is 29.8 Å². The molecule has 3 nitrogen and oxygen atoms in total. The zero-order valence-corrected chi connectivity index (χ0v) is 9.98. The lowest BCUT2D eigenvalue weighted by Gasteiger charge is -2.31. The molecule has 90 valence electrons. The molecule has 0 bridgehead atoms. The number of carbonyl (C=O) groups excluding carboxylic acids is 1. The van der Waals surface area contributed by atoms with Crippen molar-refractivity contribution in [2.75, 3.05) is 18.0 Å². The number of nitrogens with one attached hydrogen (secondary N) is 1. The molecule has 1 fully saturated rings. The van der Waals surface area contributed by atoms with Gasteiger partial charge in [0, 0.05) is 24.7 Å². The van der Waals surface area contributed by atoms with Crippen LogP contribution in [0.2, 0.25) is 0 Å². The molecule has 1 N–H and O–H groups in total. The Morgan fingerprint density at radius 3 is 3.00 bits per heavy atom. The summed E-state index contributed by atoms with van der Waals surface area (Å²) in [6, 6.07) is 8.76. The fraction of sp³-hybridized carbons (Fsp3) is 0.500. The van der Waals surface area contributed by atoms with Gasteiger partial charge in [0.05, 0.1) is 0 Å².